The first-order valence-corrected chi connectivity index (χ1v) is 7.84. The molecular formula is C15H29N3O. The number of nitrogens with zero attached hydrogens (tertiary/aromatic N) is 3. The molecule has 2 rings (SSSR count). The quantitative estimate of drug-likeness (QED) is 0.767. The van der Waals surface area contributed by atoms with Gasteiger partial charge in [-0.3, -0.25) is 14.6 Å². The molecule has 2 heterocycles. The number of carbonyl (C=O) groups excluding carboxylic acids is 1. The van der Waals surface area contributed by atoms with Crippen LogP contribution in [0.5, 0.6) is 0 Å². The molecule has 2 unspecified atom stereocenters. The van der Waals surface area contributed by atoms with Crippen molar-refractivity contribution in [3.05, 3.63) is 0 Å². The van der Waals surface area contributed by atoms with Crippen molar-refractivity contribution in [2.75, 3.05) is 45.8 Å². The molecule has 19 heavy (non-hydrogen) atoms. The second kappa shape index (κ2) is 6.71. The zero-order valence-electron chi connectivity index (χ0n) is 12.8. The lowest BCUT2D eigenvalue weighted by Gasteiger charge is -2.37. The van der Waals surface area contributed by atoms with Gasteiger partial charge < -0.3 is 4.90 Å². The monoisotopic (exact) mass is 267 g/mol. The number of carbonyl (C=O) groups is 1. The second-order valence-corrected chi connectivity index (χ2v) is 6.30. The maximum Gasteiger partial charge on any atom is 0.236 e. The minimum Gasteiger partial charge on any atom is -0.341 e. The standard InChI is InChI=1S/C15H29N3O/c1-4-14(3)17-9-7-16(8-10-17)12-15(19)18-6-5-13(2)11-18/h13-14H,4-12H2,1-3H3. The van der Waals surface area contributed by atoms with Crippen LogP contribution in [0.4, 0.5) is 0 Å². The molecule has 110 valence electrons. The highest BCUT2D eigenvalue weighted by Gasteiger charge is 2.26. The first-order chi connectivity index (χ1) is 9.10. The summed E-state index contributed by atoms with van der Waals surface area (Å²) >= 11 is 0. The van der Waals surface area contributed by atoms with Gasteiger partial charge in [0.2, 0.25) is 5.91 Å². The maximum atomic E-state index is 12.2. The first kappa shape index (κ1) is 14.8. The molecule has 2 aliphatic heterocycles. The molecule has 0 saturated carbocycles. The van der Waals surface area contributed by atoms with Gasteiger partial charge in [-0.2, -0.15) is 0 Å². The third-order valence-electron chi connectivity index (χ3n) is 4.76. The molecule has 0 aromatic heterocycles. The molecule has 0 aromatic rings. The Hall–Kier alpha value is -0.610. The second-order valence-electron chi connectivity index (χ2n) is 6.30. The van der Waals surface area contributed by atoms with Crippen LogP contribution in [0.2, 0.25) is 0 Å². The molecule has 2 fully saturated rings. The molecule has 1 amide bonds. The third-order valence-corrected chi connectivity index (χ3v) is 4.76. The van der Waals surface area contributed by atoms with Crippen LogP contribution >= 0.6 is 0 Å². The smallest absolute Gasteiger partial charge is 0.236 e. The van der Waals surface area contributed by atoms with Crippen LogP contribution in [0.15, 0.2) is 0 Å². The summed E-state index contributed by atoms with van der Waals surface area (Å²) in [6.07, 6.45) is 2.39. The Bertz CT molecular complexity index is 300. The number of hydrogen-bond donors (Lipinski definition) is 0. The van der Waals surface area contributed by atoms with E-state index in [1.54, 1.807) is 0 Å². The van der Waals surface area contributed by atoms with Gasteiger partial charge in [0.25, 0.3) is 0 Å². The highest BCUT2D eigenvalue weighted by molar-refractivity contribution is 5.78. The van der Waals surface area contributed by atoms with Crippen molar-refractivity contribution in [3.63, 3.8) is 0 Å². The zero-order chi connectivity index (χ0) is 13.8. The predicted octanol–water partition coefficient (Wildman–Crippen LogP) is 1.27. The Morgan fingerprint density at radius 2 is 1.89 bits per heavy atom. The highest BCUT2D eigenvalue weighted by Crippen LogP contribution is 2.16. The van der Waals surface area contributed by atoms with Gasteiger partial charge in [-0.1, -0.05) is 13.8 Å². The van der Waals surface area contributed by atoms with E-state index in [-0.39, 0.29) is 0 Å². The molecule has 0 radical (unpaired) electrons. The molecule has 2 atom stereocenters. The number of piperazine rings is 1. The number of amides is 1. The average Bonchev–Trinajstić information content (AvgIpc) is 2.85. The molecule has 0 spiro atoms. The van der Waals surface area contributed by atoms with Crippen LogP contribution in [0.1, 0.15) is 33.6 Å². The van der Waals surface area contributed by atoms with Gasteiger partial charge in [0, 0.05) is 45.3 Å². The minimum atomic E-state index is 0.335. The van der Waals surface area contributed by atoms with Crippen molar-refractivity contribution >= 4 is 5.91 Å². The minimum absolute atomic E-state index is 0.335. The summed E-state index contributed by atoms with van der Waals surface area (Å²) in [7, 11) is 0. The third kappa shape index (κ3) is 3.93. The number of hydrogen-bond acceptors (Lipinski definition) is 3. The molecule has 4 nitrogen and oxygen atoms in total. The zero-order valence-corrected chi connectivity index (χ0v) is 12.8. The largest absolute Gasteiger partial charge is 0.341 e. The lowest BCUT2D eigenvalue weighted by atomic mass is 10.2. The van der Waals surface area contributed by atoms with Crippen LogP contribution in [0, 0.1) is 5.92 Å². The summed E-state index contributed by atoms with van der Waals surface area (Å²) in [4.78, 5) is 19.1. The van der Waals surface area contributed by atoms with E-state index in [0.29, 0.717) is 24.4 Å². The van der Waals surface area contributed by atoms with Crippen LogP contribution in [-0.2, 0) is 4.79 Å². The van der Waals surface area contributed by atoms with Gasteiger partial charge in [0.05, 0.1) is 6.54 Å². The Kier molecular flexibility index (Phi) is 5.22. The fraction of sp³-hybridized carbons (Fsp3) is 0.933. The molecule has 2 aliphatic rings. The van der Waals surface area contributed by atoms with Gasteiger partial charge in [-0.05, 0) is 25.7 Å². The SMILES string of the molecule is CCC(C)N1CCN(CC(=O)N2CCC(C)C2)CC1. The fourth-order valence-electron chi connectivity index (χ4n) is 3.07. The summed E-state index contributed by atoms with van der Waals surface area (Å²) in [5, 5.41) is 0. The number of likely N-dealkylation sites (tertiary alicyclic amines) is 1. The van der Waals surface area contributed by atoms with Crippen LogP contribution < -0.4 is 0 Å². The van der Waals surface area contributed by atoms with Crippen molar-refractivity contribution in [1.29, 1.82) is 0 Å². The summed E-state index contributed by atoms with van der Waals surface area (Å²) in [6, 6.07) is 0.678. The van der Waals surface area contributed by atoms with Gasteiger partial charge in [-0.15, -0.1) is 0 Å². The predicted molar refractivity (Wildman–Crippen MR) is 78.1 cm³/mol. The summed E-state index contributed by atoms with van der Waals surface area (Å²) in [5.41, 5.74) is 0. The van der Waals surface area contributed by atoms with E-state index in [0.717, 1.165) is 39.3 Å². The normalized spacial score (nSPS) is 27.7. The van der Waals surface area contributed by atoms with Gasteiger partial charge >= 0.3 is 0 Å². The molecule has 0 N–H and O–H groups in total. The van der Waals surface area contributed by atoms with Gasteiger partial charge in [0.15, 0.2) is 0 Å². The van der Waals surface area contributed by atoms with E-state index < -0.39 is 0 Å². The lowest BCUT2D eigenvalue weighted by Crippen LogP contribution is -2.51. The van der Waals surface area contributed by atoms with E-state index in [2.05, 4.69) is 30.6 Å². The van der Waals surface area contributed by atoms with Crippen molar-refractivity contribution in [2.24, 2.45) is 5.92 Å². The van der Waals surface area contributed by atoms with E-state index in [4.69, 9.17) is 0 Å². The van der Waals surface area contributed by atoms with Crippen LogP contribution in [0.3, 0.4) is 0 Å². The molecule has 0 aliphatic carbocycles. The summed E-state index contributed by atoms with van der Waals surface area (Å²) < 4.78 is 0. The molecule has 2 saturated heterocycles. The van der Waals surface area contributed by atoms with E-state index in [1.165, 1.54) is 12.8 Å². The Morgan fingerprint density at radius 3 is 2.42 bits per heavy atom. The summed E-state index contributed by atoms with van der Waals surface area (Å²) in [5.74, 6) is 1.02. The van der Waals surface area contributed by atoms with Gasteiger partial charge in [-0.25, -0.2) is 0 Å². The number of rotatable bonds is 4. The van der Waals surface area contributed by atoms with Crippen LogP contribution in [-0.4, -0.2) is 72.5 Å². The highest BCUT2D eigenvalue weighted by atomic mass is 16.2. The fourth-order valence-corrected chi connectivity index (χ4v) is 3.07. The Morgan fingerprint density at radius 1 is 1.21 bits per heavy atom. The average molecular weight is 267 g/mol. The maximum absolute atomic E-state index is 12.2. The molecule has 0 bridgehead atoms. The topological polar surface area (TPSA) is 26.8 Å². The van der Waals surface area contributed by atoms with E-state index in [1.807, 2.05) is 4.90 Å². The lowest BCUT2D eigenvalue weighted by molar-refractivity contribution is -0.132. The Balaban J connectivity index is 1.72. The van der Waals surface area contributed by atoms with Crippen molar-refractivity contribution in [1.82, 2.24) is 14.7 Å². The van der Waals surface area contributed by atoms with E-state index >= 15 is 0 Å². The summed E-state index contributed by atoms with van der Waals surface area (Å²) in [6.45, 7) is 13.6. The Labute approximate surface area is 117 Å². The van der Waals surface area contributed by atoms with Crippen molar-refractivity contribution < 1.29 is 4.79 Å². The molecular weight excluding hydrogens is 238 g/mol. The van der Waals surface area contributed by atoms with Crippen LogP contribution in [0.25, 0.3) is 0 Å². The van der Waals surface area contributed by atoms with Crippen molar-refractivity contribution in [2.45, 2.75) is 39.7 Å². The molecule has 4 heteroatoms. The van der Waals surface area contributed by atoms with Crippen molar-refractivity contribution in [3.8, 4) is 0 Å². The van der Waals surface area contributed by atoms with E-state index in [9.17, 15) is 4.79 Å². The molecule has 0 aromatic carbocycles. The first-order valence-electron chi connectivity index (χ1n) is 7.84. The van der Waals surface area contributed by atoms with Gasteiger partial charge in [0.1, 0.15) is 0 Å².